The lowest BCUT2D eigenvalue weighted by Gasteiger charge is -2.08. The van der Waals surface area contributed by atoms with Gasteiger partial charge in [-0.05, 0) is 18.6 Å². The normalized spacial score (nSPS) is 10.0. The summed E-state index contributed by atoms with van der Waals surface area (Å²) >= 11 is 5.42. The van der Waals surface area contributed by atoms with E-state index in [0.29, 0.717) is 16.9 Å². The van der Waals surface area contributed by atoms with Crippen molar-refractivity contribution in [1.82, 2.24) is 0 Å². The zero-order valence-electron chi connectivity index (χ0n) is 7.30. The predicted molar refractivity (Wildman–Crippen MR) is 55.1 cm³/mol. The lowest BCUT2D eigenvalue weighted by Crippen LogP contribution is -2.09. The fraction of sp³-hybridized carbons (Fsp3) is 0.222. The van der Waals surface area contributed by atoms with E-state index >= 15 is 0 Å². The third-order valence-corrected chi connectivity index (χ3v) is 2.14. The average molecular weight is 199 g/mol. The Morgan fingerprint density at radius 1 is 1.46 bits per heavy atom. The minimum atomic E-state index is -0.236. The van der Waals surface area contributed by atoms with Crippen LogP contribution in [0.15, 0.2) is 12.1 Å². The van der Waals surface area contributed by atoms with Gasteiger partial charge in [0.25, 0.3) is 0 Å². The lowest BCUT2D eigenvalue weighted by atomic mass is 10.0. The van der Waals surface area contributed by atoms with Crippen molar-refractivity contribution in [3.63, 3.8) is 0 Å². The molecule has 0 bridgehead atoms. The van der Waals surface area contributed by atoms with Crippen molar-refractivity contribution in [2.75, 3.05) is 17.3 Å². The molecule has 0 unspecified atom stereocenters. The van der Waals surface area contributed by atoms with Crippen LogP contribution in [-0.4, -0.2) is 11.7 Å². The van der Waals surface area contributed by atoms with Gasteiger partial charge in [0.1, 0.15) is 0 Å². The third kappa shape index (κ3) is 1.75. The van der Waals surface area contributed by atoms with Crippen molar-refractivity contribution in [2.24, 2.45) is 0 Å². The molecule has 0 aliphatic rings. The Labute approximate surface area is 81.7 Å². The standard InChI is InChI=1S/C9H11ClN2O/c1-5-2-3-6(11)8(9(5)12)7(13)4-10/h2-3H,4,11-12H2,1H3. The topological polar surface area (TPSA) is 69.1 Å². The molecule has 13 heavy (non-hydrogen) atoms. The molecule has 0 fully saturated rings. The second kappa shape index (κ2) is 3.66. The summed E-state index contributed by atoms with van der Waals surface area (Å²) in [6, 6.07) is 3.43. The van der Waals surface area contributed by atoms with Crippen LogP contribution < -0.4 is 11.5 Å². The predicted octanol–water partition coefficient (Wildman–Crippen LogP) is 1.58. The monoisotopic (exact) mass is 198 g/mol. The van der Waals surface area contributed by atoms with E-state index in [2.05, 4.69) is 0 Å². The molecule has 1 rings (SSSR count). The van der Waals surface area contributed by atoms with E-state index in [-0.39, 0.29) is 11.7 Å². The third-order valence-electron chi connectivity index (χ3n) is 1.90. The van der Waals surface area contributed by atoms with E-state index in [4.69, 9.17) is 23.1 Å². The summed E-state index contributed by atoms with van der Waals surface area (Å²) in [7, 11) is 0. The van der Waals surface area contributed by atoms with Gasteiger partial charge < -0.3 is 11.5 Å². The molecule has 0 saturated carbocycles. The number of nitrogens with two attached hydrogens (primary N) is 2. The van der Waals surface area contributed by atoms with E-state index in [9.17, 15) is 4.79 Å². The molecule has 1 aromatic rings. The van der Waals surface area contributed by atoms with Crippen molar-refractivity contribution in [3.8, 4) is 0 Å². The van der Waals surface area contributed by atoms with Crippen molar-refractivity contribution >= 4 is 28.8 Å². The van der Waals surface area contributed by atoms with Gasteiger partial charge in [0, 0.05) is 11.4 Å². The molecule has 3 nitrogen and oxygen atoms in total. The van der Waals surface area contributed by atoms with Gasteiger partial charge in [-0.3, -0.25) is 4.79 Å². The summed E-state index contributed by atoms with van der Waals surface area (Å²) in [5.41, 5.74) is 13.3. The van der Waals surface area contributed by atoms with Crippen LogP contribution in [0.3, 0.4) is 0 Å². The second-order valence-electron chi connectivity index (χ2n) is 2.82. The number of hydrogen-bond donors (Lipinski definition) is 2. The molecule has 0 aliphatic carbocycles. The molecule has 4 heteroatoms. The Morgan fingerprint density at radius 3 is 2.62 bits per heavy atom. The van der Waals surface area contributed by atoms with Crippen LogP contribution in [0.4, 0.5) is 11.4 Å². The Balaban J connectivity index is 3.33. The van der Waals surface area contributed by atoms with Crippen LogP contribution in [0.2, 0.25) is 0 Å². The van der Waals surface area contributed by atoms with Gasteiger partial charge in [0.2, 0.25) is 0 Å². The van der Waals surface area contributed by atoms with Crippen LogP contribution in [0.25, 0.3) is 0 Å². The molecule has 0 heterocycles. The highest BCUT2D eigenvalue weighted by atomic mass is 35.5. The first-order valence-corrected chi connectivity index (χ1v) is 4.35. The van der Waals surface area contributed by atoms with Gasteiger partial charge in [0.15, 0.2) is 5.78 Å². The molecule has 0 amide bonds. The largest absolute Gasteiger partial charge is 0.398 e. The van der Waals surface area contributed by atoms with Crippen LogP contribution in [-0.2, 0) is 0 Å². The first kappa shape index (κ1) is 9.86. The number of alkyl halides is 1. The minimum Gasteiger partial charge on any atom is -0.398 e. The zero-order chi connectivity index (χ0) is 10.0. The first-order valence-electron chi connectivity index (χ1n) is 3.81. The number of nitrogen functional groups attached to an aromatic ring is 2. The van der Waals surface area contributed by atoms with Gasteiger partial charge in [-0.15, -0.1) is 11.6 Å². The number of benzene rings is 1. The van der Waals surface area contributed by atoms with E-state index in [1.54, 1.807) is 12.1 Å². The Morgan fingerprint density at radius 2 is 2.08 bits per heavy atom. The highest BCUT2D eigenvalue weighted by Gasteiger charge is 2.13. The maximum absolute atomic E-state index is 11.3. The highest BCUT2D eigenvalue weighted by molar-refractivity contribution is 6.32. The van der Waals surface area contributed by atoms with Crippen LogP contribution >= 0.6 is 11.6 Å². The Hall–Kier alpha value is -1.22. The van der Waals surface area contributed by atoms with Crippen molar-refractivity contribution in [2.45, 2.75) is 6.92 Å². The minimum absolute atomic E-state index is 0.0994. The number of halogens is 1. The van der Waals surface area contributed by atoms with Gasteiger partial charge >= 0.3 is 0 Å². The molecule has 1 aromatic carbocycles. The first-order chi connectivity index (χ1) is 6.07. The number of ketones is 1. The van der Waals surface area contributed by atoms with Gasteiger partial charge in [-0.2, -0.15) is 0 Å². The summed E-state index contributed by atoms with van der Waals surface area (Å²) in [4.78, 5) is 11.3. The van der Waals surface area contributed by atoms with Crippen molar-refractivity contribution < 1.29 is 4.79 Å². The van der Waals surface area contributed by atoms with Gasteiger partial charge in [0.05, 0.1) is 11.4 Å². The summed E-state index contributed by atoms with van der Waals surface area (Å²) in [5.74, 6) is -0.335. The van der Waals surface area contributed by atoms with E-state index < -0.39 is 0 Å². The Bertz CT molecular complexity index is 350. The summed E-state index contributed by atoms with van der Waals surface area (Å²) < 4.78 is 0. The molecule has 0 radical (unpaired) electrons. The summed E-state index contributed by atoms with van der Waals surface area (Å²) in [5, 5.41) is 0. The van der Waals surface area contributed by atoms with E-state index in [0.717, 1.165) is 5.56 Å². The fourth-order valence-electron chi connectivity index (χ4n) is 1.12. The number of carbonyl (C=O) groups is 1. The number of hydrogen-bond acceptors (Lipinski definition) is 3. The number of anilines is 2. The van der Waals surface area contributed by atoms with E-state index in [1.165, 1.54) is 0 Å². The molecular formula is C9H11ClN2O. The quantitative estimate of drug-likeness (QED) is 0.431. The zero-order valence-corrected chi connectivity index (χ0v) is 8.06. The van der Waals surface area contributed by atoms with Crippen molar-refractivity contribution in [3.05, 3.63) is 23.3 Å². The smallest absolute Gasteiger partial charge is 0.181 e. The second-order valence-corrected chi connectivity index (χ2v) is 3.08. The maximum atomic E-state index is 11.3. The molecular weight excluding hydrogens is 188 g/mol. The fourth-order valence-corrected chi connectivity index (χ4v) is 1.25. The average Bonchev–Trinajstić information content (AvgIpc) is 2.12. The molecule has 0 aromatic heterocycles. The number of aryl methyl sites for hydroxylation is 1. The molecule has 0 spiro atoms. The summed E-state index contributed by atoms with van der Waals surface area (Å²) in [6.07, 6.45) is 0. The Kier molecular flexibility index (Phi) is 2.78. The molecule has 0 saturated heterocycles. The van der Waals surface area contributed by atoms with Gasteiger partial charge in [-0.1, -0.05) is 6.07 Å². The summed E-state index contributed by atoms with van der Waals surface area (Å²) in [6.45, 7) is 1.82. The highest BCUT2D eigenvalue weighted by Crippen LogP contribution is 2.23. The SMILES string of the molecule is Cc1ccc(N)c(C(=O)CCl)c1N. The molecule has 70 valence electrons. The van der Waals surface area contributed by atoms with Crippen molar-refractivity contribution in [1.29, 1.82) is 0 Å². The van der Waals surface area contributed by atoms with Crippen LogP contribution in [0.5, 0.6) is 0 Å². The number of rotatable bonds is 2. The van der Waals surface area contributed by atoms with E-state index in [1.807, 2.05) is 6.92 Å². The molecule has 4 N–H and O–H groups in total. The molecule has 0 aliphatic heterocycles. The lowest BCUT2D eigenvalue weighted by molar-refractivity contribution is 0.102. The number of Topliss-reactive ketones (excluding diaryl/α,β-unsaturated/α-hetero) is 1. The van der Waals surface area contributed by atoms with Crippen LogP contribution in [0, 0.1) is 6.92 Å². The molecule has 0 atom stereocenters. The van der Waals surface area contributed by atoms with Gasteiger partial charge in [-0.25, -0.2) is 0 Å². The van der Waals surface area contributed by atoms with Crippen LogP contribution in [0.1, 0.15) is 15.9 Å². The number of carbonyl (C=O) groups excluding carboxylic acids is 1. The maximum Gasteiger partial charge on any atom is 0.181 e.